The summed E-state index contributed by atoms with van der Waals surface area (Å²) in [6.07, 6.45) is 0.622. The maximum absolute atomic E-state index is 9.68. The summed E-state index contributed by atoms with van der Waals surface area (Å²) in [6.45, 7) is 2.72. The summed E-state index contributed by atoms with van der Waals surface area (Å²) in [7, 11) is 1.84. The van der Waals surface area contributed by atoms with Crippen LogP contribution in [0.4, 0.5) is 0 Å². The van der Waals surface area contributed by atoms with E-state index in [2.05, 4.69) is 24.4 Å². The minimum absolute atomic E-state index is 0.392. The Balaban J connectivity index is 2.75. The van der Waals surface area contributed by atoms with Crippen LogP contribution in [0.3, 0.4) is 0 Å². The normalized spacial score (nSPS) is 12.8. The van der Waals surface area contributed by atoms with Crippen LogP contribution in [0.5, 0.6) is 0 Å². The largest absolute Gasteiger partial charge is 0.387 e. The lowest BCUT2D eigenvalue weighted by Crippen LogP contribution is -2.16. The van der Waals surface area contributed by atoms with Crippen molar-refractivity contribution in [2.24, 2.45) is 0 Å². The van der Waals surface area contributed by atoms with Crippen molar-refractivity contribution in [3.63, 3.8) is 0 Å². The van der Waals surface area contributed by atoms with Gasteiger partial charge in [0.2, 0.25) is 0 Å². The molecule has 0 aromatic heterocycles. The molecule has 2 nitrogen and oxygen atoms in total. The lowest BCUT2D eigenvalue weighted by Gasteiger charge is -2.10. The third-order valence-electron chi connectivity index (χ3n) is 2.14. The molecule has 0 aliphatic heterocycles. The number of benzene rings is 1. The SMILES string of the molecule is CCc1cccc(C(O)CNC)c1. The summed E-state index contributed by atoms with van der Waals surface area (Å²) in [6, 6.07) is 8.09. The second-order valence-corrected chi connectivity index (χ2v) is 3.17. The number of hydrogen-bond acceptors (Lipinski definition) is 2. The Morgan fingerprint density at radius 3 is 2.85 bits per heavy atom. The predicted molar refractivity (Wildman–Crippen MR) is 54.7 cm³/mol. The van der Waals surface area contributed by atoms with E-state index < -0.39 is 6.10 Å². The maximum atomic E-state index is 9.68. The van der Waals surface area contributed by atoms with Crippen LogP contribution < -0.4 is 5.32 Å². The Hall–Kier alpha value is -0.860. The predicted octanol–water partition coefficient (Wildman–Crippen LogP) is 1.50. The van der Waals surface area contributed by atoms with Crippen molar-refractivity contribution in [3.8, 4) is 0 Å². The van der Waals surface area contributed by atoms with Crippen LogP contribution in [0.15, 0.2) is 24.3 Å². The summed E-state index contributed by atoms with van der Waals surface area (Å²) in [5.41, 5.74) is 2.27. The molecular weight excluding hydrogens is 162 g/mol. The van der Waals surface area contributed by atoms with Crippen LogP contribution in [-0.4, -0.2) is 18.7 Å². The fraction of sp³-hybridized carbons (Fsp3) is 0.455. The van der Waals surface area contributed by atoms with Crippen LogP contribution in [0, 0.1) is 0 Å². The molecule has 0 heterocycles. The van der Waals surface area contributed by atoms with Gasteiger partial charge in [-0.1, -0.05) is 31.2 Å². The monoisotopic (exact) mass is 179 g/mol. The molecule has 1 rings (SSSR count). The van der Waals surface area contributed by atoms with Gasteiger partial charge in [0.15, 0.2) is 0 Å². The smallest absolute Gasteiger partial charge is 0.0914 e. The molecule has 72 valence electrons. The van der Waals surface area contributed by atoms with Gasteiger partial charge in [-0.2, -0.15) is 0 Å². The highest BCUT2D eigenvalue weighted by atomic mass is 16.3. The Bertz CT molecular complexity index is 260. The first-order valence-electron chi connectivity index (χ1n) is 4.69. The van der Waals surface area contributed by atoms with Crippen molar-refractivity contribution < 1.29 is 5.11 Å². The summed E-state index contributed by atoms with van der Waals surface area (Å²) in [5.74, 6) is 0. The molecule has 1 atom stereocenters. The van der Waals surface area contributed by atoms with E-state index in [1.807, 2.05) is 19.2 Å². The Kier molecular flexibility index (Phi) is 3.93. The number of rotatable bonds is 4. The van der Waals surface area contributed by atoms with Crippen molar-refractivity contribution >= 4 is 0 Å². The van der Waals surface area contributed by atoms with E-state index in [1.54, 1.807) is 0 Å². The second-order valence-electron chi connectivity index (χ2n) is 3.17. The van der Waals surface area contributed by atoms with E-state index in [1.165, 1.54) is 5.56 Å². The van der Waals surface area contributed by atoms with Crippen molar-refractivity contribution in [1.82, 2.24) is 5.32 Å². The van der Waals surface area contributed by atoms with Crippen molar-refractivity contribution in [2.75, 3.05) is 13.6 Å². The van der Waals surface area contributed by atoms with Crippen LogP contribution in [0.1, 0.15) is 24.2 Å². The molecule has 0 bridgehead atoms. The fourth-order valence-corrected chi connectivity index (χ4v) is 1.33. The Morgan fingerprint density at radius 2 is 2.23 bits per heavy atom. The number of hydrogen-bond donors (Lipinski definition) is 2. The van der Waals surface area contributed by atoms with Crippen molar-refractivity contribution in [2.45, 2.75) is 19.4 Å². The molecule has 0 radical (unpaired) electrons. The maximum Gasteiger partial charge on any atom is 0.0914 e. The Labute approximate surface area is 79.6 Å². The molecule has 2 N–H and O–H groups in total. The topological polar surface area (TPSA) is 32.3 Å². The molecule has 0 aliphatic carbocycles. The Morgan fingerprint density at radius 1 is 1.46 bits per heavy atom. The van der Waals surface area contributed by atoms with E-state index in [-0.39, 0.29) is 0 Å². The van der Waals surface area contributed by atoms with Gasteiger partial charge in [-0.3, -0.25) is 0 Å². The summed E-state index contributed by atoms with van der Waals surface area (Å²) < 4.78 is 0. The molecular formula is C11H17NO. The average Bonchev–Trinajstić information content (AvgIpc) is 2.18. The van der Waals surface area contributed by atoms with Gasteiger partial charge in [0.05, 0.1) is 6.10 Å². The first kappa shape index (κ1) is 10.2. The molecule has 0 saturated heterocycles. The second kappa shape index (κ2) is 5.00. The van der Waals surface area contributed by atoms with Gasteiger partial charge >= 0.3 is 0 Å². The fourth-order valence-electron chi connectivity index (χ4n) is 1.33. The van der Waals surface area contributed by atoms with Crippen molar-refractivity contribution in [3.05, 3.63) is 35.4 Å². The highest BCUT2D eigenvalue weighted by Gasteiger charge is 2.05. The van der Waals surface area contributed by atoms with Gasteiger partial charge in [-0.05, 0) is 24.6 Å². The van der Waals surface area contributed by atoms with E-state index in [0.717, 1.165) is 12.0 Å². The number of aliphatic hydroxyl groups excluding tert-OH is 1. The van der Waals surface area contributed by atoms with Crippen LogP contribution in [0.25, 0.3) is 0 Å². The molecule has 1 aromatic rings. The molecule has 1 unspecified atom stereocenters. The number of likely N-dealkylation sites (N-methyl/N-ethyl adjacent to an activating group) is 1. The van der Waals surface area contributed by atoms with Gasteiger partial charge in [-0.25, -0.2) is 0 Å². The molecule has 13 heavy (non-hydrogen) atoms. The lowest BCUT2D eigenvalue weighted by atomic mass is 10.0. The standard InChI is InChI=1S/C11H17NO/c1-3-9-5-4-6-10(7-9)11(13)8-12-2/h4-7,11-13H,3,8H2,1-2H3. The first-order chi connectivity index (χ1) is 6.27. The van der Waals surface area contributed by atoms with E-state index in [4.69, 9.17) is 0 Å². The lowest BCUT2D eigenvalue weighted by molar-refractivity contribution is 0.177. The van der Waals surface area contributed by atoms with E-state index >= 15 is 0 Å². The van der Waals surface area contributed by atoms with Gasteiger partial charge in [0.25, 0.3) is 0 Å². The zero-order valence-electron chi connectivity index (χ0n) is 8.25. The van der Waals surface area contributed by atoms with Gasteiger partial charge < -0.3 is 10.4 Å². The zero-order valence-corrected chi connectivity index (χ0v) is 8.25. The molecule has 1 aromatic carbocycles. The summed E-state index contributed by atoms with van der Waals surface area (Å²) in [5, 5.41) is 12.6. The number of aryl methyl sites for hydroxylation is 1. The quantitative estimate of drug-likeness (QED) is 0.734. The van der Waals surface area contributed by atoms with Gasteiger partial charge in [0.1, 0.15) is 0 Å². The zero-order chi connectivity index (χ0) is 9.68. The molecule has 0 aliphatic rings. The number of nitrogens with one attached hydrogen (secondary N) is 1. The molecule has 0 spiro atoms. The van der Waals surface area contributed by atoms with Gasteiger partial charge in [0, 0.05) is 6.54 Å². The molecule has 0 saturated carbocycles. The molecule has 0 amide bonds. The summed E-state index contributed by atoms with van der Waals surface area (Å²) >= 11 is 0. The van der Waals surface area contributed by atoms with Crippen LogP contribution >= 0.6 is 0 Å². The number of aliphatic hydroxyl groups is 1. The minimum atomic E-state index is -0.392. The van der Waals surface area contributed by atoms with E-state index in [9.17, 15) is 5.11 Å². The first-order valence-corrected chi connectivity index (χ1v) is 4.69. The third-order valence-corrected chi connectivity index (χ3v) is 2.14. The highest BCUT2D eigenvalue weighted by molar-refractivity contribution is 5.25. The van der Waals surface area contributed by atoms with Crippen molar-refractivity contribution in [1.29, 1.82) is 0 Å². The van der Waals surface area contributed by atoms with E-state index in [0.29, 0.717) is 6.54 Å². The molecule has 0 fully saturated rings. The third kappa shape index (κ3) is 2.83. The highest BCUT2D eigenvalue weighted by Crippen LogP contribution is 2.13. The summed E-state index contributed by atoms with van der Waals surface area (Å²) in [4.78, 5) is 0. The van der Waals surface area contributed by atoms with Crippen LogP contribution in [-0.2, 0) is 6.42 Å². The minimum Gasteiger partial charge on any atom is -0.387 e. The van der Waals surface area contributed by atoms with Gasteiger partial charge in [-0.15, -0.1) is 0 Å². The molecule has 2 heteroatoms. The van der Waals surface area contributed by atoms with Crippen LogP contribution in [0.2, 0.25) is 0 Å². The average molecular weight is 179 g/mol.